The normalized spacial score (nSPS) is 11.9. The van der Waals surface area contributed by atoms with Gasteiger partial charge in [0.05, 0.1) is 17.5 Å². The van der Waals surface area contributed by atoms with Crippen LogP contribution in [0.1, 0.15) is 62.5 Å². The van der Waals surface area contributed by atoms with Gasteiger partial charge in [0, 0.05) is 24.8 Å². The number of carbonyl (C=O) groups is 3. The van der Waals surface area contributed by atoms with Gasteiger partial charge in [-0.2, -0.15) is 0 Å². The maximum atomic E-state index is 13.3. The lowest BCUT2D eigenvalue weighted by atomic mass is 9.99. The van der Waals surface area contributed by atoms with E-state index in [2.05, 4.69) is 0 Å². The molecule has 0 saturated carbocycles. The molecule has 1 unspecified atom stereocenters. The lowest BCUT2D eigenvalue weighted by Crippen LogP contribution is -2.43. The molecule has 1 atom stereocenters. The number of esters is 1. The molecule has 2 aromatic rings. The zero-order valence-corrected chi connectivity index (χ0v) is 17.5. The van der Waals surface area contributed by atoms with E-state index in [-0.39, 0.29) is 18.3 Å². The van der Waals surface area contributed by atoms with Crippen molar-refractivity contribution in [1.82, 2.24) is 9.47 Å². The molecule has 0 spiro atoms. The molecule has 6 nitrogen and oxygen atoms in total. The van der Waals surface area contributed by atoms with E-state index in [1.54, 1.807) is 50.3 Å². The Balaban J connectivity index is 2.40. The maximum Gasteiger partial charge on any atom is 0.355 e. The fourth-order valence-electron chi connectivity index (χ4n) is 3.31. The number of likely N-dealkylation sites (N-methyl/N-ethyl adjacent to an activating group) is 1. The SMILES string of the molecule is CCOC(=O)c1c(C)c(C(=O)C(C)N(CC)C(=O)c2cccs2)c(C)n1C. The minimum absolute atomic E-state index is 0.162. The van der Waals surface area contributed by atoms with E-state index in [0.29, 0.717) is 33.9 Å². The van der Waals surface area contributed by atoms with Crippen molar-refractivity contribution in [2.75, 3.05) is 13.2 Å². The van der Waals surface area contributed by atoms with Crippen LogP contribution in [-0.4, -0.2) is 46.3 Å². The summed E-state index contributed by atoms with van der Waals surface area (Å²) in [6.45, 7) is 9.55. The quantitative estimate of drug-likeness (QED) is 0.535. The van der Waals surface area contributed by atoms with Gasteiger partial charge in [0.15, 0.2) is 5.78 Å². The van der Waals surface area contributed by atoms with Gasteiger partial charge in [-0.15, -0.1) is 11.3 Å². The van der Waals surface area contributed by atoms with Crippen molar-refractivity contribution >= 4 is 29.0 Å². The van der Waals surface area contributed by atoms with Crippen molar-refractivity contribution in [3.05, 3.63) is 44.9 Å². The number of nitrogens with zero attached hydrogens (tertiary/aromatic N) is 2. The Labute approximate surface area is 163 Å². The van der Waals surface area contributed by atoms with Crippen molar-refractivity contribution in [2.45, 2.75) is 40.7 Å². The van der Waals surface area contributed by atoms with Crippen molar-refractivity contribution in [3.63, 3.8) is 0 Å². The highest BCUT2D eigenvalue weighted by atomic mass is 32.1. The molecule has 1 amide bonds. The summed E-state index contributed by atoms with van der Waals surface area (Å²) in [6, 6.07) is 2.93. The van der Waals surface area contributed by atoms with Gasteiger partial charge in [-0.1, -0.05) is 6.07 Å². The number of hydrogen-bond donors (Lipinski definition) is 0. The molecule has 146 valence electrons. The highest BCUT2D eigenvalue weighted by Gasteiger charge is 2.32. The Bertz CT molecular complexity index is 852. The highest BCUT2D eigenvalue weighted by Crippen LogP contribution is 2.25. The lowest BCUT2D eigenvalue weighted by molar-refractivity contribution is 0.0513. The number of amides is 1. The number of Topliss-reactive ketones (excluding diaryl/α,β-unsaturated/α-hetero) is 1. The third-order valence-electron chi connectivity index (χ3n) is 4.83. The predicted molar refractivity (Wildman–Crippen MR) is 106 cm³/mol. The van der Waals surface area contributed by atoms with Gasteiger partial charge in [-0.3, -0.25) is 9.59 Å². The van der Waals surface area contributed by atoms with E-state index in [1.807, 2.05) is 18.4 Å². The first kappa shape index (κ1) is 20.9. The molecule has 0 bridgehead atoms. The van der Waals surface area contributed by atoms with Crippen LogP contribution < -0.4 is 0 Å². The van der Waals surface area contributed by atoms with Crippen molar-refractivity contribution in [3.8, 4) is 0 Å². The number of rotatable bonds is 7. The molecule has 0 saturated heterocycles. The summed E-state index contributed by atoms with van der Waals surface area (Å²) in [5, 5.41) is 1.84. The number of carbonyl (C=O) groups excluding carboxylic acids is 3. The van der Waals surface area contributed by atoms with Crippen LogP contribution in [0.3, 0.4) is 0 Å². The van der Waals surface area contributed by atoms with Crippen LogP contribution in [0.5, 0.6) is 0 Å². The van der Waals surface area contributed by atoms with Gasteiger partial charge in [0.25, 0.3) is 5.91 Å². The first-order valence-electron chi connectivity index (χ1n) is 8.97. The van der Waals surface area contributed by atoms with E-state index in [9.17, 15) is 14.4 Å². The van der Waals surface area contributed by atoms with Gasteiger partial charge < -0.3 is 14.2 Å². The number of aromatic nitrogens is 1. The Hall–Kier alpha value is -2.41. The molecular weight excluding hydrogens is 364 g/mol. The summed E-state index contributed by atoms with van der Waals surface area (Å²) in [5.41, 5.74) is 2.12. The van der Waals surface area contributed by atoms with E-state index in [4.69, 9.17) is 4.74 Å². The van der Waals surface area contributed by atoms with Gasteiger partial charge in [0.2, 0.25) is 0 Å². The van der Waals surface area contributed by atoms with E-state index >= 15 is 0 Å². The fourth-order valence-corrected chi connectivity index (χ4v) is 3.99. The Morgan fingerprint density at radius 1 is 1.26 bits per heavy atom. The molecule has 2 rings (SSSR count). The van der Waals surface area contributed by atoms with Crippen molar-refractivity contribution in [1.29, 1.82) is 0 Å². The van der Waals surface area contributed by atoms with Gasteiger partial charge in [-0.05, 0) is 51.6 Å². The number of ether oxygens (including phenoxy) is 1. The molecule has 0 fully saturated rings. The largest absolute Gasteiger partial charge is 0.461 e. The number of ketones is 1. The standard InChI is InChI=1S/C20H26N2O4S/c1-7-22(19(24)15-10-9-11-27-15)14(5)18(23)16-12(3)17(20(25)26-8-2)21(6)13(16)4/h9-11,14H,7-8H2,1-6H3. The summed E-state index contributed by atoms with van der Waals surface area (Å²) >= 11 is 1.35. The first-order chi connectivity index (χ1) is 12.8. The Kier molecular flexibility index (Phi) is 6.59. The molecule has 0 aromatic carbocycles. The molecule has 27 heavy (non-hydrogen) atoms. The maximum absolute atomic E-state index is 13.3. The average molecular weight is 391 g/mol. The molecule has 2 aromatic heterocycles. The second-order valence-electron chi connectivity index (χ2n) is 6.32. The molecular formula is C20H26N2O4S. The minimum Gasteiger partial charge on any atom is -0.461 e. The lowest BCUT2D eigenvalue weighted by Gasteiger charge is -2.27. The van der Waals surface area contributed by atoms with Gasteiger partial charge >= 0.3 is 5.97 Å². The van der Waals surface area contributed by atoms with Crippen LogP contribution in [-0.2, 0) is 11.8 Å². The zero-order chi connectivity index (χ0) is 20.3. The summed E-state index contributed by atoms with van der Waals surface area (Å²) in [7, 11) is 1.74. The third kappa shape index (κ3) is 3.83. The van der Waals surface area contributed by atoms with Crippen LogP contribution >= 0.6 is 11.3 Å². The smallest absolute Gasteiger partial charge is 0.355 e. The summed E-state index contributed by atoms with van der Waals surface area (Å²) in [6.07, 6.45) is 0. The molecule has 7 heteroatoms. The van der Waals surface area contributed by atoms with E-state index in [0.717, 1.165) is 0 Å². The summed E-state index contributed by atoms with van der Waals surface area (Å²) < 4.78 is 6.80. The molecule has 0 aliphatic rings. The van der Waals surface area contributed by atoms with Crippen LogP contribution in [0.15, 0.2) is 17.5 Å². The summed E-state index contributed by atoms with van der Waals surface area (Å²) in [4.78, 5) is 40.4. The van der Waals surface area contributed by atoms with Crippen molar-refractivity contribution < 1.29 is 19.1 Å². The molecule has 0 aliphatic heterocycles. The Morgan fingerprint density at radius 2 is 1.93 bits per heavy atom. The van der Waals surface area contributed by atoms with Crippen LogP contribution in [0, 0.1) is 13.8 Å². The topological polar surface area (TPSA) is 68.6 Å². The fraction of sp³-hybridized carbons (Fsp3) is 0.450. The van der Waals surface area contributed by atoms with Crippen LogP contribution in [0.4, 0.5) is 0 Å². The molecule has 0 radical (unpaired) electrons. The van der Waals surface area contributed by atoms with E-state index in [1.165, 1.54) is 11.3 Å². The van der Waals surface area contributed by atoms with Gasteiger partial charge in [0.1, 0.15) is 5.69 Å². The van der Waals surface area contributed by atoms with E-state index < -0.39 is 12.0 Å². The van der Waals surface area contributed by atoms with Crippen molar-refractivity contribution in [2.24, 2.45) is 7.05 Å². The summed E-state index contributed by atoms with van der Waals surface area (Å²) in [5.74, 6) is -0.789. The second kappa shape index (κ2) is 8.52. The predicted octanol–water partition coefficient (Wildman–Crippen LogP) is 3.61. The molecule has 2 heterocycles. The van der Waals surface area contributed by atoms with Crippen LogP contribution in [0.2, 0.25) is 0 Å². The van der Waals surface area contributed by atoms with Gasteiger partial charge in [-0.25, -0.2) is 4.79 Å². The second-order valence-corrected chi connectivity index (χ2v) is 7.27. The van der Waals surface area contributed by atoms with Crippen LogP contribution in [0.25, 0.3) is 0 Å². The number of hydrogen-bond acceptors (Lipinski definition) is 5. The number of thiophene rings is 1. The highest BCUT2D eigenvalue weighted by molar-refractivity contribution is 7.12. The Morgan fingerprint density at radius 3 is 2.44 bits per heavy atom. The molecule has 0 N–H and O–H groups in total. The zero-order valence-electron chi connectivity index (χ0n) is 16.7. The first-order valence-corrected chi connectivity index (χ1v) is 9.85. The average Bonchev–Trinajstić information content (AvgIpc) is 3.23. The minimum atomic E-state index is -0.639. The monoisotopic (exact) mass is 390 g/mol. The third-order valence-corrected chi connectivity index (χ3v) is 5.68. The molecule has 0 aliphatic carbocycles.